The third-order valence-electron chi connectivity index (χ3n) is 3.02. The summed E-state index contributed by atoms with van der Waals surface area (Å²) in [6, 6.07) is 0. The van der Waals surface area contributed by atoms with Crippen LogP contribution in [0.2, 0.25) is 0 Å². The Morgan fingerprint density at radius 3 is 2.71 bits per heavy atom. The molecular weight excluding hydrogens is 292 g/mol. The van der Waals surface area contributed by atoms with Gasteiger partial charge in [0.1, 0.15) is 0 Å². The van der Waals surface area contributed by atoms with Gasteiger partial charge < -0.3 is 10.1 Å². The molecule has 0 radical (unpaired) electrons. The molecule has 122 valence electrons. The lowest BCUT2D eigenvalue weighted by molar-refractivity contribution is 0.136. The molecule has 0 aromatic carbocycles. The summed E-state index contributed by atoms with van der Waals surface area (Å²) >= 11 is 0. The van der Waals surface area contributed by atoms with Gasteiger partial charge in [-0.25, -0.2) is 13.1 Å². The van der Waals surface area contributed by atoms with Gasteiger partial charge in [-0.1, -0.05) is 20.3 Å². The van der Waals surface area contributed by atoms with Crippen LogP contribution in [0, 0.1) is 6.92 Å². The number of nitrogens with zero attached hydrogens (tertiary/aromatic N) is 1. The summed E-state index contributed by atoms with van der Waals surface area (Å²) < 4.78 is 32.3. The predicted molar refractivity (Wildman–Crippen MR) is 81.6 cm³/mol. The number of nitrogens with one attached hydrogen (secondary N) is 3. The minimum absolute atomic E-state index is 0.0644. The third-order valence-corrected chi connectivity index (χ3v) is 4.45. The zero-order valence-corrected chi connectivity index (χ0v) is 13.8. The molecule has 0 bridgehead atoms. The molecule has 0 amide bonds. The number of H-pyrrole nitrogens is 1. The second-order valence-electron chi connectivity index (χ2n) is 4.78. The van der Waals surface area contributed by atoms with E-state index in [1.165, 1.54) is 0 Å². The molecule has 0 saturated heterocycles. The van der Waals surface area contributed by atoms with Crippen molar-refractivity contribution in [2.75, 3.05) is 26.3 Å². The average Bonchev–Trinajstić information content (AvgIpc) is 2.82. The Morgan fingerprint density at radius 1 is 1.29 bits per heavy atom. The highest BCUT2D eigenvalue weighted by Crippen LogP contribution is 2.15. The van der Waals surface area contributed by atoms with Crippen molar-refractivity contribution in [2.45, 2.75) is 45.2 Å². The van der Waals surface area contributed by atoms with Gasteiger partial charge >= 0.3 is 0 Å². The first-order valence-corrected chi connectivity index (χ1v) is 8.83. The number of sulfonamides is 1. The van der Waals surface area contributed by atoms with Gasteiger partial charge in [-0.2, -0.15) is 5.10 Å². The van der Waals surface area contributed by atoms with E-state index in [1.54, 1.807) is 0 Å². The van der Waals surface area contributed by atoms with Gasteiger partial charge in [0.25, 0.3) is 10.0 Å². The van der Waals surface area contributed by atoms with Crippen molar-refractivity contribution in [1.29, 1.82) is 0 Å². The smallest absolute Gasteiger partial charge is 0.260 e. The molecule has 0 aliphatic rings. The second kappa shape index (κ2) is 9.14. The topological polar surface area (TPSA) is 96.1 Å². The first-order valence-electron chi connectivity index (χ1n) is 7.34. The van der Waals surface area contributed by atoms with Crippen LogP contribution in [-0.2, 0) is 21.3 Å². The Hall–Kier alpha value is -0.960. The van der Waals surface area contributed by atoms with Crippen molar-refractivity contribution in [3.05, 3.63) is 11.3 Å². The van der Waals surface area contributed by atoms with E-state index in [2.05, 4.69) is 27.2 Å². The number of aryl methyl sites for hydroxylation is 1. The predicted octanol–water partition coefficient (Wildman–Crippen LogP) is 0.923. The van der Waals surface area contributed by atoms with E-state index in [1.807, 2.05) is 13.8 Å². The van der Waals surface area contributed by atoms with E-state index in [0.717, 1.165) is 25.1 Å². The van der Waals surface area contributed by atoms with E-state index in [9.17, 15) is 8.42 Å². The fraction of sp³-hybridized carbons (Fsp3) is 0.769. The fourth-order valence-electron chi connectivity index (χ4n) is 1.78. The molecule has 3 N–H and O–H groups in total. The SMILES string of the molecule is CCCCOCCNS(=O)(=O)c1n[nH]c(C)c1CNCC. The molecule has 1 rings (SSSR count). The van der Waals surface area contributed by atoms with Crippen LogP contribution in [0.25, 0.3) is 0 Å². The van der Waals surface area contributed by atoms with E-state index < -0.39 is 10.0 Å². The molecule has 8 heteroatoms. The fourth-order valence-corrected chi connectivity index (χ4v) is 2.98. The van der Waals surface area contributed by atoms with Gasteiger partial charge in [-0.15, -0.1) is 0 Å². The lowest BCUT2D eigenvalue weighted by Crippen LogP contribution is -2.29. The maximum absolute atomic E-state index is 12.2. The van der Waals surface area contributed by atoms with Crippen LogP contribution in [0.15, 0.2) is 5.03 Å². The largest absolute Gasteiger partial charge is 0.380 e. The molecule has 7 nitrogen and oxygen atoms in total. The first-order chi connectivity index (χ1) is 10.0. The van der Waals surface area contributed by atoms with Gasteiger partial charge in [0.2, 0.25) is 0 Å². The highest BCUT2D eigenvalue weighted by atomic mass is 32.2. The molecule has 1 aromatic heterocycles. The molecule has 0 unspecified atom stereocenters. The maximum atomic E-state index is 12.2. The summed E-state index contributed by atoms with van der Waals surface area (Å²) in [7, 11) is -3.61. The van der Waals surface area contributed by atoms with Gasteiger partial charge in [0, 0.05) is 31.0 Å². The first kappa shape index (κ1) is 18.1. The standard InChI is InChI=1S/C13H26N4O3S/c1-4-6-8-20-9-7-15-21(18,19)13-12(10-14-5-2)11(3)16-17-13/h14-15H,4-10H2,1-3H3,(H,16,17). The van der Waals surface area contributed by atoms with Crippen molar-refractivity contribution >= 4 is 10.0 Å². The molecule has 1 aromatic rings. The van der Waals surface area contributed by atoms with Crippen molar-refractivity contribution in [3.8, 4) is 0 Å². The lowest BCUT2D eigenvalue weighted by Gasteiger charge is -2.08. The monoisotopic (exact) mass is 318 g/mol. The van der Waals surface area contributed by atoms with Gasteiger partial charge in [0.15, 0.2) is 5.03 Å². The molecule has 0 spiro atoms. The Kier molecular flexibility index (Phi) is 7.87. The summed E-state index contributed by atoms with van der Waals surface area (Å²) in [5, 5.41) is 9.82. The molecule has 21 heavy (non-hydrogen) atoms. The summed E-state index contributed by atoms with van der Waals surface area (Å²) in [5.74, 6) is 0. The van der Waals surface area contributed by atoms with Gasteiger partial charge in [0.05, 0.1) is 6.61 Å². The maximum Gasteiger partial charge on any atom is 0.260 e. The summed E-state index contributed by atoms with van der Waals surface area (Å²) in [5.41, 5.74) is 1.44. The minimum Gasteiger partial charge on any atom is -0.380 e. The van der Waals surface area contributed by atoms with Crippen LogP contribution in [0.1, 0.15) is 37.9 Å². The zero-order chi connectivity index (χ0) is 15.7. The van der Waals surface area contributed by atoms with Crippen LogP contribution in [-0.4, -0.2) is 44.9 Å². The van der Waals surface area contributed by atoms with Crippen LogP contribution >= 0.6 is 0 Å². The molecule has 0 atom stereocenters. The number of hydrogen-bond acceptors (Lipinski definition) is 5. The third kappa shape index (κ3) is 5.74. The highest BCUT2D eigenvalue weighted by molar-refractivity contribution is 7.89. The van der Waals surface area contributed by atoms with Crippen LogP contribution in [0.3, 0.4) is 0 Å². The molecular formula is C13H26N4O3S. The summed E-state index contributed by atoms with van der Waals surface area (Å²) in [6.45, 7) is 8.37. The van der Waals surface area contributed by atoms with Crippen LogP contribution in [0.4, 0.5) is 0 Å². The Balaban J connectivity index is 2.57. The highest BCUT2D eigenvalue weighted by Gasteiger charge is 2.22. The number of aromatic nitrogens is 2. The van der Waals surface area contributed by atoms with Crippen molar-refractivity contribution in [1.82, 2.24) is 20.2 Å². The quantitative estimate of drug-likeness (QED) is 0.527. The van der Waals surface area contributed by atoms with Crippen LogP contribution in [0.5, 0.6) is 0 Å². The molecule has 1 heterocycles. The van der Waals surface area contributed by atoms with Crippen LogP contribution < -0.4 is 10.0 Å². The minimum atomic E-state index is -3.61. The van der Waals surface area contributed by atoms with Crippen molar-refractivity contribution in [2.24, 2.45) is 0 Å². The Morgan fingerprint density at radius 2 is 2.05 bits per heavy atom. The summed E-state index contributed by atoms with van der Waals surface area (Å²) in [4.78, 5) is 0. The normalized spacial score (nSPS) is 12.0. The number of unbranched alkanes of at least 4 members (excludes halogenated alkanes) is 1. The van der Waals surface area contributed by atoms with E-state index in [-0.39, 0.29) is 11.6 Å². The van der Waals surface area contributed by atoms with E-state index in [0.29, 0.717) is 25.3 Å². The molecule has 0 aliphatic carbocycles. The number of rotatable bonds is 11. The summed E-state index contributed by atoms with van der Waals surface area (Å²) in [6.07, 6.45) is 2.05. The van der Waals surface area contributed by atoms with Gasteiger partial charge in [-0.05, 0) is 19.9 Å². The average molecular weight is 318 g/mol. The molecule has 0 aliphatic heterocycles. The number of ether oxygens (including phenoxy) is 1. The lowest BCUT2D eigenvalue weighted by atomic mass is 10.2. The van der Waals surface area contributed by atoms with Gasteiger partial charge in [-0.3, -0.25) is 5.10 Å². The van der Waals surface area contributed by atoms with Crippen molar-refractivity contribution < 1.29 is 13.2 Å². The molecule has 0 fully saturated rings. The molecule has 0 saturated carbocycles. The second-order valence-corrected chi connectivity index (χ2v) is 6.46. The van der Waals surface area contributed by atoms with E-state index in [4.69, 9.17) is 4.74 Å². The number of aromatic amines is 1. The number of hydrogen-bond donors (Lipinski definition) is 3. The van der Waals surface area contributed by atoms with E-state index >= 15 is 0 Å². The zero-order valence-electron chi connectivity index (χ0n) is 13.0. The Bertz CT molecular complexity index is 513. The van der Waals surface area contributed by atoms with Crippen molar-refractivity contribution in [3.63, 3.8) is 0 Å². The Labute approximate surface area is 126 Å².